The molecule has 1 aliphatic rings. The molecule has 0 aliphatic carbocycles. The lowest BCUT2D eigenvalue weighted by molar-refractivity contribution is 0.349. The number of rotatable bonds is 5. The van der Waals surface area contributed by atoms with Gasteiger partial charge in [0.15, 0.2) is 11.5 Å². The molecule has 0 spiro atoms. The molecular weight excluding hydrogens is 245 g/mol. The van der Waals surface area contributed by atoms with Gasteiger partial charge in [-0.25, -0.2) is 4.39 Å². The Morgan fingerprint density at radius 2 is 1.89 bits per heavy atom. The number of benzene rings is 1. The van der Waals surface area contributed by atoms with E-state index < -0.39 is 6.67 Å². The van der Waals surface area contributed by atoms with E-state index in [2.05, 4.69) is 5.32 Å². The minimum atomic E-state index is -0.462. The second-order valence-corrected chi connectivity index (χ2v) is 5.03. The van der Waals surface area contributed by atoms with Crippen molar-refractivity contribution in [2.45, 2.75) is 25.9 Å². The van der Waals surface area contributed by atoms with E-state index in [-0.39, 0.29) is 0 Å². The predicted molar refractivity (Wildman–Crippen MR) is 73.7 cm³/mol. The highest BCUT2D eigenvalue weighted by atomic mass is 19.1. The van der Waals surface area contributed by atoms with Crippen molar-refractivity contribution in [1.82, 2.24) is 5.32 Å². The maximum absolute atomic E-state index is 13.2. The molecule has 1 fully saturated rings. The van der Waals surface area contributed by atoms with Crippen molar-refractivity contribution in [3.63, 3.8) is 0 Å². The van der Waals surface area contributed by atoms with Gasteiger partial charge >= 0.3 is 0 Å². The molecule has 1 aromatic carbocycles. The van der Waals surface area contributed by atoms with Gasteiger partial charge in [0, 0.05) is 0 Å². The lowest BCUT2D eigenvalue weighted by Crippen LogP contribution is -2.31. The van der Waals surface area contributed by atoms with Gasteiger partial charge in [0.1, 0.15) is 6.67 Å². The van der Waals surface area contributed by atoms with E-state index in [1.807, 2.05) is 6.07 Å². The molecule has 0 aromatic heterocycles. The van der Waals surface area contributed by atoms with Crippen LogP contribution in [-0.2, 0) is 13.1 Å². The molecule has 4 heteroatoms. The molecule has 0 bridgehead atoms. The second kappa shape index (κ2) is 6.75. The normalized spacial score (nSPS) is 19.2. The Labute approximate surface area is 114 Å². The fourth-order valence-electron chi connectivity index (χ4n) is 2.69. The van der Waals surface area contributed by atoms with Crippen LogP contribution in [0, 0.1) is 5.92 Å². The molecule has 1 saturated heterocycles. The first kappa shape index (κ1) is 14.1. The molecule has 0 saturated carbocycles. The predicted octanol–water partition coefficient (Wildman–Crippen LogP) is 2.72. The Morgan fingerprint density at radius 1 is 1.21 bits per heavy atom. The van der Waals surface area contributed by atoms with E-state index in [1.54, 1.807) is 20.3 Å². The van der Waals surface area contributed by atoms with Gasteiger partial charge in [-0.3, -0.25) is 0 Å². The topological polar surface area (TPSA) is 30.5 Å². The molecular formula is C15H22FNO2. The minimum Gasteiger partial charge on any atom is -0.493 e. The van der Waals surface area contributed by atoms with Crippen LogP contribution in [0.4, 0.5) is 4.39 Å². The van der Waals surface area contributed by atoms with Gasteiger partial charge in [-0.05, 0) is 61.5 Å². The van der Waals surface area contributed by atoms with Crippen molar-refractivity contribution in [3.8, 4) is 11.5 Å². The minimum absolute atomic E-state index is 0.462. The third kappa shape index (κ3) is 3.38. The maximum Gasteiger partial charge on any atom is 0.161 e. The molecule has 0 amide bonds. The number of hydrogen-bond donors (Lipinski definition) is 1. The van der Waals surface area contributed by atoms with Gasteiger partial charge in [0.25, 0.3) is 0 Å². The molecule has 19 heavy (non-hydrogen) atoms. The summed E-state index contributed by atoms with van der Waals surface area (Å²) < 4.78 is 23.7. The highest BCUT2D eigenvalue weighted by Crippen LogP contribution is 2.32. The number of ether oxygens (including phenoxy) is 2. The fourth-order valence-corrected chi connectivity index (χ4v) is 2.69. The van der Waals surface area contributed by atoms with Gasteiger partial charge in [-0.2, -0.15) is 0 Å². The van der Waals surface area contributed by atoms with Crippen molar-refractivity contribution < 1.29 is 13.9 Å². The first-order valence-corrected chi connectivity index (χ1v) is 6.79. The Morgan fingerprint density at radius 3 is 2.42 bits per heavy atom. The summed E-state index contributed by atoms with van der Waals surface area (Å²) in [4.78, 5) is 0. The average molecular weight is 267 g/mol. The molecule has 1 atom stereocenters. The zero-order valence-electron chi connectivity index (χ0n) is 11.7. The number of halogens is 1. The number of nitrogens with one attached hydrogen (secondary N) is 1. The molecule has 3 nitrogen and oxygen atoms in total. The molecule has 1 aliphatic heterocycles. The van der Waals surface area contributed by atoms with Crippen molar-refractivity contribution in [1.29, 1.82) is 0 Å². The summed E-state index contributed by atoms with van der Waals surface area (Å²) in [5.74, 6) is 1.86. The van der Waals surface area contributed by atoms with Crippen molar-refractivity contribution in [2.24, 2.45) is 5.92 Å². The van der Waals surface area contributed by atoms with Crippen molar-refractivity contribution in [3.05, 3.63) is 23.3 Å². The largest absolute Gasteiger partial charge is 0.493 e. The van der Waals surface area contributed by atoms with E-state index in [4.69, 9.17) is 9.47 Å². The van der Waals surface area contributed by atoms with Crippen molar-refractivity contribution >= 4 is 0 Å². The van der Waals surface area contributed by atoms with Gasteiger partial charge in [-0.1, -0.05) is 0 Å². The Balaban J connectivity index is 2.21. The average Bonchev–Trinajstić information content (AvgIpc) is 2.47. The summed E-state index contributed by atoms with van der Waals surface area (Å²) in [6.45, 7) is 1.65. The smallest absolute Gasteiger partial charge is 0.161 e. The molecule has 1 heterocycles. The van der Waals surface area contributed by atoms with Crippen LogP contribution in [0.3, 0.4) is 0 Å². The molecule has 0 radical (unpaired) electrons. The highest BCUT2D eigenvalue weighted by molar-refractivity contribution is 5.47. The first-order chi connectivity index (χ1) is 9.28. The Hall–Kier alpha value is -1.29. The molecule has 2 rings (SSSR count). The molecule has 106 valence electrons. The zero-order chi connectivity index (χ0) is 13.7. The zero-order valence-corrected chi connectivity index (χ0v) is 11.7. The number of hydrogen-bond acceptors (Lipinski definition) is 3. The quantitative estimate of drug-likeness (QED) is 0.889. The third-order valence-corrected chi connectivity index (χ3v) is 3.76. The number of methoxy groups -OCH3 is 2. The molecule has 1 N–H and O–H groups in total. The van der Waals surface area contributed by atoms with Gasteiger partial charge in [0.2, 0.25) is 0 Å². The van der Waals surface area contributed by atoms with E-state index >= 15 is 0 Å². The van der Waals surface area contributed by atoms with Gasteiger partial charge in [-0.15, -0.1) is 0 Å². The highest BCUT2D eigenvalue weighted by Gasteiger charge is 2.17. The fraction of sp³-hybridized carbons (Fsp3) is 0.600. The summed E-state index contributed by atoms with van der Waals surface area (Å²) in [5, 5.41) is 3.39. The summed E-state index contributed by atoms with van der Waals surface area (Å²) >= 11 is 0. The van der Waals surface area contributed by atoms with Crippen LogP contribution in [0.15, 0.2) is 12.1 Å². The van der Waals surface area contributed by atoms with Crippen LogP contribution in [0.2, 0.25) is 0 Å². The van der Waals surface area contributed by atoms with E-state index in [1.165, 1.54) is 12.8 Å². The third-order valence-electron chi connectivity index (χ3n) is 3.76. The monoisotopic (exact) mass is 267 g/mol. The maximum atomic E-state index is 13.2. The standard InChI is InChI=1S/C15H22FNO2/c1-18-14-7-12(6-11-4-3-5-17-10-11)13(9-16)8-15(14)19-2/h7-8,11,17H,3-6,9-10H2,1-2H3. The Bertz CT molecular complexity index is 417. The lowest BCUT2D eigenvalue weighted by atomic mass is 9.90. The van der Waals surface area contributed by atoms with Crippen LogP contribution in [0.25, 0.3) is 0 Å². The molecule has 1 unspecified atom stereocenters. The van der Waals surface area contributed by atoms with E-state index in [0.29, 0.717) is 23.0 Å². The summed E-state index contributed by atoms with van der Waals surface area (Å²) in [5.41, 5.74) is 1.75. The number of alkyl halides is 1. The van der Waals surface area contributed by atoms with Gasteiger partial charge in [0.05, 0.1) is 14.2 Å². The molecule has 1 aromatic rings. The first-order valence-electron chi connectivity index (χ1n) is 6.79. The van der Waals surface area contributed by atoms with Gasteiger partial charge < -0.3 is 14.8 Å². The Kier molecular flexibility index (Phi) is 5.02. The van der Waals surface area contributed by atoms with Crippen molar-refractivity contribution in [2.75, 3.05) is 27.3 Å². The van der Waals surface area contributed by atoms with Crippen LogP contribution >= 0.6 is 0 Å². The second-order valence-electron chi connectivity index (χ2n) is 5.03. The van der Waals surface area contributed by atoms with Crippen LogP contribution in [0.5, 0.6) is 11.5 Å². The number of piperidine rings is 1. The summed E-state index contributed by atoms with van der Waals surface area (Å²) in [6, 6.07) is 3.67. The summed E-state index contributed by atoms with van der Waals surface area (Å²) in [7, 11) is 3.18. The van der Waals surface area contributed by atoms with Crippen LogP contribution < -0.4 is 14.8 Å². The van der Waals surface area contributed by atoms with Crippen LogP contribution in [0.1, 0.15) is 24.0 Å². The SMILES string of the molecule is COc1cc(CF)c(CC2CCCNC2)cc1OC. The van der Waals surface area contributed by atoms with Crippen LogP contribution in [-0.4, -0.2) is 27.3 Å². The summed E-state index contributed by atoms with van der Waals surface area (Å²) in [6.07, 6.45) is 3.29. The van der Waals surface area contributed by atoms with E-state index in [0.717, 1.165) is 25.1 Å². The lowest BCUT2D eigenvalue weighted by Gasteiger charge is -2.24. The van der Waals surface area contributed by atoms with E-state index in [9.17, 15) is 4.39 Å².